The van der Waals surface area contributed by atoms with Crippen LogP contribution in [0.4, 0.5) is 0 Å². The molecule has 0 spiro atoms. The molecule has 1 saturated carbocycles. The van der Waals surface area contributed by atoms with Crippen molar-refractivity contribution in [3.8, 4) is 0 Å². The summed E-state index contributed by atoms with van der Waals surface area (Å²) in [5.41, 5.74) is -0.0771. The minimum atomic E-state index is -3.42. The number of hydrogen-bond donors (Lipinski definition) is 1. The first-order valence-corrected chi connectivity index (χ1v) is 9.35. The van der Waals surface area contributed by atoms with Crippen LogP contribution in [0.15, 0.2) is 35.2 Å². The van der Waals surface area contributed by atoms with Crippen LogP contribution in [-0.4, -0.2) is 61.4 Å². The minimum Gasteiger partial charge on any atom is -0.481 e. The molecular weight excluding hydrogens is 316 g/mol. The minimum absolute atomic E-state index is 0.0771. The SMILES string of the molecule is O=C(O)CC1(CN2CCN(S(=O)(=O)c3ccccc3)CC2)CC1. The molecule has 23 heavy (non-hydrogen) atoms. The van der Waals surface area contributed by atoms with Crippen LogP contribution >= 0.6 is 0 Å². The van der Waals surface area contributed by atoms with Gasteiger partial charge in [-0.2, -0.15) is 4.31 Å². The van der Waals surface area contributed by atoms with Gasteiger partial charge in [0, 0.05) is 32.7 Å². The highest BCUT2D eigenvalue weighted by atomic mass is 32.2. The van der Waals surface area contributed by atoms with E-state index < -0.39 is 16.0 Å². The van der Waals surface area contributed by atoms with Gasteiger partial charge < -0.3 is 10.0 Å². The summed E-state index contributed by atoms with van der Waals surface area (Å²) in [5.74, 6) is -0.743. The standard InChI is InChI=1S/C16H22N2O4S/c19-15(20)12-16(6-7-16)13-17-8-10-18(11-9-17)23(21,22)14-4-2-1-3-5-14/h1-5H,6-13H2,(H,19,20). The molecule has 7 heteroatoms. The average Bonchev–Trinajstić information content (AvgIpc) is 3.27. The monoisotopic (exact) mass is 338 g/mol. The van der Waals surface area contributed by atoms with Gasteiger partial charge in [-0.1, -0.05) is 18.2 Å². The molecule has 0 amide bonds. The van der Waals surface area contributed by atoms with Crippen LogP contribution < -0.4 is 0 Å². The molecule has 1 aromatic carbocycles. The summed E-state index contributed by atoms with van der Waals surface area (Å²) in [7, 11) is -3.42. The van der Waals surface area contributed by atoms with Crippen LogP contribution in [0, 0.1) is 5.41 Å². The van der Waals surface area contributed by atoms with Gasteiger partial charge >= 0.3 is 5.97 Å². The van der Waals surface area contributed by atoms with Gasteiger partial charge in [-0.25, -0.2) is 8.42 Å². The predicted molar refractivity (Wildman–Crippen MR) is 85.6 cm³/mol. The summed E-state index contributed by atoms with van der Waals surface area (Å²) < 4.78 is 26.7. The van der Waals surface area contributed by atoms with Crippen LogP contribution in [0.3, 0.4) is 0 Å². The molecule has 3 rings (SSSR count). The summed E-state index contributed by atoms with van der Waals surface area (Å²) in [4.78, 5) is 13.5. The fourth-order valence-electron chi connectivity index (χ4n) is 3.23. The van der Waals surface area contributed by atoms with Crippen molar-refractivity contribution in [1.82, 2.24) is 9.21 Å². The maximum Gasteiger partial charge on any atom is 0.303 e. The van der Waals surface area contributed by atoms with Crippen molar-refractivity contribution in [2.45, 2.75) is 24.2 Å². The first-order chi connectivity index (χ1) is 10.9. The van der Waals surface area contributed by atoms with E-state index in [4.69, 9.17) is 5.11 Å². The van der Waals surface area contributed by atoms with Crippen LogP contribution in [0.25, 0.3) is 0 Å². The summed E-state index contributed by atoms with van der Waals surface area (Å²) in [6.07, 6.45) is 2.14. The van der Waals surface area contributed by atoms with Crippen molar-refractivity contribution >= 4 is 16.0 Å². The van der Waals surface area contributed by atoms with Gasteiger partial charge in [-0.3, -0.25) is 4.79 Å². The largest absolute Gasteiger partial charge is 0.481 e. The highest BCUT2D eigenvalue weighted by Gasteiger charge is 2.46. The van der Waals surface area contributed by atoms with Gasteiger partial charge in [0.05, 0.1) is 11.3 Å². The van der Waals surface area contributed by atoms with Crippen LogP contribution in [0.1, 0.15) is 19.3 Å². The third kappa shape index (κ3) is 3.73. The maximum atomic E-state index is 12.6. The Kier molecular flexibility index (Phi) is 4.44. The van der Waals surface area contributed by atoms with Crippen molar-refractivity contribution in [1.29, 1.82) is 0 Å². The zero-order valence-electron chi connectivity index (χ0n) is 13.0. The van der Waals surface area contributed by atoms with Gasteiger partial charge in [0.2, 0.25) is 10.0 Å². The molecule has 6 nitrogen and oxygen atoms in total. The second-order valence-electron chi connectivity index (χ2n) is 6.56. The lowest BCUT2D eigenvalue weighted by Gasteiger charge is -2.35. The molecule has 2 fully saturated rings. The molecule has 1 aliphatic heterocycles. The number of sulfonamides is 1. The van der Waals surface area contributed by atoms with Crippen molar-refractivity contribution in [3.63, 3.8) is 0 Å². The normalized spacial score (nSPS) is 21.9. The number of nitrogens with zero attached hydrogens (tertiary/aromatic N) is 2. The number of carbonyl (C=O) groups is 1. The summed E-state index contributed by atoms with van der Waals surface area (Å²) in [6.45, 7) is 3.00. The molecule has 0 aromatic heterocycles. The quantitative estimate of drug-likeness (QED) is 0.844. The van der Waals surface area contributed by atoms with Gasteiger partial charge in [0.25, 0.3) is 0 Å². The summed E-state index contributed by atoms with van der Waals surface area (Å²) in [5, 5.41) is 8.99. The number of aliphatic carboxylic acids is 1. The fraction of sp³-hybridized carbons (Fsp3) is 0.562. The highest BCUT2D eigenvalue weighted by Crippen LogP contribution is 2.49. The van der Waals surface area contributed by atoms with Crippen molar-refractivity contribution < 1.29 is 18.3 Å². The van der Waals surface area contributed by atoms with Gasteiger partial charge in [0.15, 0.2) is 0 Å². The lowest BCUT2D eigenvalue weighted by atomic mass is 10.0. The van der Waals surface area contributed by atoms with Crippen molar-refractivity contribution in [2.75, 3.05) is 32.7 Å². The van der Waals surface area contributed by atoms with Crippen molar-refractivity contribution in [2.24, 2.45) is 5.41 Å². The van der Waals surface area contributed by atoms with E-state index in [9.17, 15) is 13.2 Å². The first-order valence-electron chi connectivity index (χ1n) is 7.91. The molecule has 0 bridgehead atoms. The number of benzene rings is 1. The molecule has 1 heterocycles. The van der Waals surface area contributed by atoms with Gasteiger partial charge in [0.1, 0.15) is 0 Å². The Hall–Kier alpha value is -1.44. The van der Waals surface area contributed by atoms with E-state index in [1.54, 1.807) is 30.3 Å². The summed E-state index contributed by atoms with van der Waals surface area (Å²) >= 11 is 0. The number of carboxylic acids is 1. The lowest BCUT2D eigenvalue weighted by Crippen LogP contribution is -2.50. The fourth-order valence-corrected chi connectivity index (χ4v) is 4.68. The van der Waals surface area contributed by atoms with E-state index in [1.165, 1.54) is 4.31 Å². The molecular formula is C16H22N2O4S. The third-order valence-electron chi connectivity index (χ3n) is 4.75. The Morgan fingerprint density at radius 3 is 2.22 bits per heavy atom. The molecule has 1 N–H and O–H groups in total. The molecule has 1 aliphatic carbocycles. The van der Waals surface area contributed by atoms with E-state index in [-0.39, 0.29) is 11.8 Å². The predicted octanol–water partition coefficient (Wildman–Crippen LogP) is 1.25. The number of carboxylic acid groups (broad SMARTS) is 1. The third-order valence-corrected chi connectivity index (χ3v) is 6.67. The molecule has 0 radical (unpaired) electrons. The molecule has 2 aliphatic rings. The Morgan fingerprint density at radius 2 is 1.70 bits per heavy atom. The van der Waals surface area contributed by atoms with E-state index in [1.807, 2.05) is 0 Å². The number of rotatable bonds is 6. The maximum absolute atomic E-state index is 12.6. The first kappa shape index (κ1) is 16.4. The Bertz CT molecular complexity index is 663. The van der Waals surface area contributed by atoms with Crippen molar-refractivity contribution in [3.05, 3.63) is 30.3 Å². The number of piperazine rings is 1. The highest BCUT2D eigenvalue weighted by molar-refractivity contribution is 7.89. The Morgan fingerprint density at radius 1 is 1.09 bits per heavy atom. The topological polar surface area (TPSA) is 77.9 Å². The Labute approximate surface area is 136 Å². The molecule has 1 saturated heterocycles. The van der Waals surface area contributed by atoms with Crippen LogP contribution in [-0.2, 0) is 14.8 Å². The molecule has 0 atom stereocenters. The number of hydrogen-bond acceptors (Lipinski definition) is 4. The molecule has 0 unspecified atom stereocenters. The average molecular weight is 338 g/mol. The van der Waals surface area contributed by atoms with E-state index in [0.29, 0.717) is 31.1 Å². The van der Waals surface area contributed by atoms with Gasteiger partial charge in [-0.05, 0) is 30.4 Å². The Balaban J connectivity index is 1.58. The van der Waals surface area contributed by atoms with E-state index in [0.717, 1.165) is 19.4 Å². The van der Waals surface area contributed by atoms with E-state index in [2.05, 4.69) is 4.90 Å². The van der Waals surface area contributed by atoms with Crippen LogP contribution in [0.5, 0.6) is 0 Å². The lowest BCUT2D eigenvalue weighted by molar-refractivity contribution is -0.138. The molecule has 1 aromatic rings. The van der Waals surface area contributed by atoms with E-state index >= 15 is 0 Å². The molecule has 126 valence electrons. The smallest absolute Gasteiger partial charge is 0.303 e. The zero-order chi connectivity index (χ0) is 16.5. The van der Waals surface area contributed by atoms with Gasteiger partial charge in [-0.15, -0.1) is 0 Å². The second-order valence-corrected chi connectivity index (χ2v) is 8.50. The second kappa shape index (κ2) is 6.22. The van der Waals surface area contributed by atoms with Crippen LogP contribution in [0.2, 0.25) is 0 Å². The summed E-state index contributed by atoms with van der Waals surface area (Å²) in [6, 6.07) is 8.49. The zero-order valence-corrected chi connectivity index (χ0v) is 13.8.